The standard InChI is InChI=1S/C14H16N2O3S/c1-11-3-6-13(7-4-11)20(18,19)15-9-12-5-8-14(17)16(2)10-12/h3-8,10,15H,9H2,1-2H3. The molecule has 1 aromatic heterocycles. The van der Waals surface area contributed by atoms with Crippen LogP contribution in [0.3, 0.4) is 0 Å². The lowest BCUT2D eigenvalue weighted by molar-refractivity contribution is 0.581. The fourth-order valence-electron chi connectivity index (χ4n) is 1.73. The lowest BCUT2D eigenvalue weighted by Gasteiger charge is -2.08. The summed E-state index contributed by atoms with van der Waals surface area (Å²) in [5.41, 5.74) is 1.60. The molecule has 1 N–H and O–H groups in total. The zero-order chi connectivity index (χ0) is 14.8. The Hall–Kier alpha value is -1.92. The predicted molar refractivity (Wildman–Crippen MR) is 76.9 cm³/mol. The van der Waals surface area contributed by atoms with Crippen molar-refractivity contribution in [2.75, 3.05) is 0 Å². The van der Waals surface area contributed by atoms with Gasteiger partial charge in [0.2, 0.25) is 15.6 Å². The number of hydrogen-bond donors (Lipinski definition) is 1. The lowest BCUT2D eigenvalue weighted by Crippen LogP contribution is -2.24. The summed E-state index contributed by atoms with van der Waals surface area (Å²) in [6.45, 7) is 2.04. The van der Waals surface area contributed by atoms with Crippen molar-refractivity contribution in [1.29, 1.82) is 0 Å². The molecule has 0 aliphatic heterocycles. The summed E-state index contributed by atoms with van der Waals surface area (Å²) < 4.78 is 28.1. The monoisotopic (exact) mass is 292 g/mol. The molecule has 0 amide bonds. The van der Waals surface area contributed by atoms with Gasteiger partial charge in [0.25, 0.3) is 0 Å². The van der Waals surface area contributed by atoms with Gasteiger partial charge in [-0.2, -0.15) is 0 Å². The highest BCUT2D eigenvalue weighted by atomic mass is 32.2. The van der Waals surface area contributed by atoms with Gasteiger partial charge in [0, 0.05) is 25.9 Å². The number of pyridine rings is 1. The van der Waals surface area contributed by atoms with Crippen molar-refractivity contribution in [3.8, 4) is 0 Å². The molecule has 1 heterocycles. The van der Waals surface area contributed by atoms with E-state index >= 15 is 0 Å². The minimum absolute atomic E-state index is 0.129. The van der Waals surface area contributed by atoms with Gasteiger partial charge in [0.1, 0.15) is 0 Å². The number of benzene rings is 1. The molecule has 5 nitrogen and oxygen atoms in total. The van der Waals surface area contributed by atoms with Gasteiger partial charge in [-0.05, 0) is 24.6 Å². The summed E-state index contributed by atoms with van der Waals surface area (Å²) in [4.78, 5) is 11.5. The molecule has 0 atom stereocenters. The largest absolute Gasteiger partial charge is 0.318 e. The van der Waals surface area contributed by atoms with E-state index in [4.69, 9.17) is 0 Å². The van der Waals surface area contributed by atoms with Crippen LogP contribution < -0.4 is 10.3 Å². The summed E-state index contributed by atoms with van der Waals surface area (Å²) >= 11 is 0. The quantitative estimate of drug-likeness (QED) is 0.920. The summed E-state index contributed by atoms with van der Waals surface area (Å²) in [6, 6.07) is 9.66. The molecular formula is C14H16N2O3S. The zero-order valence-electron chi connectivity index (χ0n) is 11.3. The summed E-state index contributed by atoms with van der Waals surface area (Å²) in [5, 5.41) is 0. The highest BCUT2D eigenvalue weighted by Gasteiger charge is 2.13. The highest BCUT2D eigenvalue weighted by molar-refractivity contribution is 7.89. The first kappa shape index (κ1) is 14.5. The van der Waals surface area contributed by atoms with Crippen molar-refractivity contribution in [3.05, 3.63) is 64.1 Å². The van der Waals surface area contributed by atoms with Crippen molar-refractivity contribution < 1.29 is 8.42 Å². The summed E-state index contributed by atoms with van der Waals surface area (Å²) in [6.07, 6.45) is 1.61. The molecule has 1 aromatic carbocycles. The molecule has 0 unspecified atom stereocenters. The molecule has 2 aromatic rings. The molecule has 106 valence electrons. The Kier molecular flexibility index (Phi) is 4.06. The molecule has 0 aliphatic rings. The van der Waals surface area contributed by atoms with E-state index in [9.17, 15) is 13.2 Å². The number of rotatable bonds is 4. The van der Waals surface area contributed by atoms with Crippen LogP contribution in [0.5, 0.6) is 0 Å². The van der Waals surface area contributed by atoms with E-state index < -0.39 is 10.0 Å². The third-order valence-corrected chi connectivity index (χ3v) is 4.36. The van der Waals surface area contributed by atoms with Crippen LogP contribution in [0.25, 0.3) is 0 Å². The SMILES string of the molecule is Cc1ccc(S(=O)(=O)NCc2ccc(=O)n(C)c2)cc1. The highest BCUT2D eigenvalue weighted by Crippen LogP contribution is 2.10. The number of sulfonamides is 1. The van der Waals surface area contributed by atoms with E-state index in [1.54, 1.807) is 43.6 Å². The maximum Gasteiger partial charge on any atom is 0.250 e. The van der Waals surface area contributed by atoms with Gasteiger partial charge in [-0.15, -0.1) is 0 Å². The first-order valence-electron chi connectivity index (χ1n) is 6.10. The minimum Gasteiger partial charge on any atom is -0.318 e. The molecule has 2 rings (SSSR count). The van der Waals surface area contributed by atoms with Crippen molar-refractivity contribution >= 4 is 10.0 Å². The molecule has 0 saturated heterocycles. The molecular weight excluding hydrogens is 276 g/mol. The van der Waals surface area contributed by atoms with Gasteiger partial charge >= 0.3 is 0 Å². The first-order valence-corrected chi connectivity index (χ1v) is 7.59. The second kappa shape index (κ2) is 5.60. The van der Waals surface area contributed by atoms with Crippen LogP contribution in [0.4, 0.5) is 0 Å². The van der Waals surface area contributed by atoms with Crippen molar-refractivity contribution in [3.63, 3.8) is 0 Å². The summed E-state index contributed by atoms with van der Waals surface area (Å²) in [5.74, 6) is 0. The molecule has 0 radical (unpaired) electrons. The van der Waals surface area contributed by atoms with Gasteiger partial charge in [0.15, 0.2) is 0 Å². The maximum absolute atomic E-state index is 12.1. The second-order valence-electron chi connectivity index (χ2n) is 4.62. The molecule has 0 aliphatic carbocycles. The van der Waals surface area contributed by atoms with Crippen LogP contribution in [-0.4, -0.2) is 13.0 Å². The third kappa shape index (κ3) is 3.34. The van der Waals surface area contributed by atoms with Crippen LogP contribution in [0.1, 0.15) is 11.1 Å². The average Bonchev–Trinajstić information content (AvgIpc) is 2.41. The Morgan fingerprint density at radius 2 is 1.75 bits per heavy atom. The smallest absolute Gasteiger partial charge is 0.250 e. The average molecular weight is 292 g/mol. The Bertz CT molecular complexity index is 762. The minimum atomic E-state index is -3.54. The molecule has 0 fully saturated rings. The third-order valence-electron chi connectivity index (χ3n) is 2.94. The van der Waals surface area contributed by atoms with Gasteiger partial charge in [-0.25, -0.2) is 13.1 Å². The van der Waals surface area contributed by atoms with Gasteiger partial charge in [-0.1, -0.05) is 23.8 Å². The Labute approximate surface area is 117 Å². The van der Waals surface area contributed by atoms with Crippen molar-refractivity contribution in [2.24, 2.45) is 7.05 Å². The number of hydrogen-bond acceptors (Lipinski definition) is 3. The van der Waals surface area contributed by atoms with Crippen LogP contribution in [0.15, 0.2) is 52.3 Å². The molecule has 0 spiro atoms. The molecule has 6 heteroatoms. The van der Waals surface area contributed by atoms with Crippen LogP contribution >= 0.6 is 0 Å². The van der Waals surface area contributed by atoms with Gasteiger partial charge < -0.3 is 4.57 Å². The van der Waals surface area contributed by atoms with Gasteiger partial charge in [-0.3, -0.25) is 4.79 Å². The first-order chi connectivity index (χ1) is 9.38. The van der Waals surface area contributed by atoms with E-state index in [1.807, 2.05) is 6.92 Å². The number of aromatic nitrogens is 1. The van der Waals surface area contributed by atoms with Crippen molar-refractivity contribution in [1.82, 2.24) is 9.29 Å². The van der Waals surface area contributed by atoms with E-state index in [2.05, 4.69) is 4.72 Å². The van der Waals surface area contributed by atoms with Crippen molar-refractivity contribution in [2.45, 2.75) is 18.4 Å². The number of aryl methyl sites for hydroxylation is 2. The number of nitrogens with zero attached hydrogens (tertiary/aromatic N) is 1. The van der Waals surface area contributed by atoms with E-state index in [1.165, 1.54) is 10.6 Å². The normalized spacial score (nSPS) is 11.5. The Balaban J connectivity index is 2.14. The summed E-state index contributed by atoms with van der Waals surface area (Å²) in [7, 11) is -1.91. The Morgan fingerprint density at radius 3 is 2.35 bits per heavy atom. The predicted octanol–water partition coefficient (Wildman–Crippen LogP) is 1.17. The molecule has 0 bridgehead atoms. The van der Waals surface area contributed by atoms with E-state index in [0.29, 0.717) is 0 Å². The fraction of sp³-hybridized carbons (Fsp3) is 0.214. The topological polar surface area (TPSA) is 68.2 Å². The fourth-order valence-corrected chi connectivity index (χ4v) is 2.75. The van der Waals surface area contributed by atoms with E-state index in [0.717, 1.165) is 11.1 Å². The lowest BCUT2D eigenvalue weighted by atomic mass is 10.2. The van der Waals surface area contributed by atoms with Crippen LogP contribution in [0, 0.1) is 6.92 Å². The molecule has 20 heavy (non-hydrogen) atoms. The van der Waals surface area contributed by atoms with Crippen LogP contribution in [0.2, 0.25) is 0 Å². The number of nitrogens with one attached hydrogen (secondary N) is 1. The molecule has 0 saturated carbocycles. The van der Waals surface area contributed by atoms with Crippen LogP contribution in [-0.2, 0) is 23.6 Å². The van der Waals surface area contributed by atoms with E-state index in [-0.39, 0.29) is 17.0 Å². The maximum atomic E-state index is 12.1. The van der Waals surface area contributed by atoms with Gasteiger partial charge in [0.05, 0.1) is 4.90 Å². The zero-order valence-corrected chi connectivity index (χ0v) is 12.1. The Morgan fingerprint density at radius 1 is 1.10 bits per heavy atom. The second-order valence-corrected chi connectivity index (χ2v) is 6.39.